The number of hydrogen-bond donors (Lipinski definition) is 1. The maximum atomic E-state index is 12.2. The molecule has 0 spiro atoms. The number of nitrogens with zero attached hydrogens (tertiary/aromatic N) is 3. The molecule has 1 aromatic carbocycles. The van der Waals surface area contributed by atoms with Crippen LogP contribution in [0.15, 0.2) is 56.9 Å². The number of aromatic hydroxyl groups is 1. The highest BCUT2D eigenvalue weighted by atomic mass is 35.5. The number of alkyl halides is 1. The molecule has 136 valence electrons. The van der Waals surface area contributed by atoms with Gasteiger partial charge in [-0.05, 0) is 49.2 Å². The smallest absolute Gasteiger partial charge is 0.351 e. The summed E-state index contributed by atoms with van der Waals surface area (Å²) >= 11 is 11.5. The van der Waals surface area contributed by atoms with Crippen LogP contribution in [0.5, 0.6) is 5.88 Å². The summed E-state index contributed by atoms with van der Waals surface area (Å²) < 4.78 is 8.02. The van der Waals surface area contributed by atoms with Crippen LogP contribution in [0.2, 0.25) is 5.02 Å². The topological polar surface area (TPSA) is 72.7 Å². The van der Waals surface area contributed by atoms with Gasteiger partial charge in [0.2, 0.25) is 5.88 Å². The molecular formula is C18H17Cl2N3O3. The molecule has 0 atom stereocenters. The number of imidazole rings is 1. The van der Waals surface area contributed by atoms with E-state index >= 15 is 0 Å². The van der Waals surface area contributed by atoms with E-state index in [1.54, 1.807) is 18.2 Å². The maximum absolute atomic E-state index is 12.2. The zero-order chi connectivity index (χ0) is 18.5. The fourth-order valence-electron chi connectivity index (χ4n) is 2.42. The van der Waals surface area contributed by atoms with Crippen LogP contribution < -0.4 is 5.69 Å². The highest BCUT2D eigenvalue weighted by molar-refractivity contribution is 6.30. The molecule has 8 heteroatoms. The predicted octanol–water partition coefficient (Wildman–Crippen LogP) is 4.17. The van der Waals surface area contributed by atoms with Crippen LogP contribution in [0.3, 0.4) is 0 Å². The van der Waals surface area contributed by atoms with Crippen molar-refractivity contribution in [2.45, 2.75) is 19.4 Å². The summed E-state index contributed by atoms with van der Waals surface area (Å²) in [7, 11) is 0. The fourth-order valence-corrected chi connectivity index (χ4v) is 2.74. The summed E-state index contributed by atoms with van der Waals surface area (Å²) in [6.07, 6.45) is 4.15. The summed E-state index contributed by atoms with van der Waals surface area (Å²) in [6, 6.07) is 10.8. The molecule has 6 nitrogen and oxygen atoms in total. The summed E-state index contributed by atoms with van der Waals surface area (Å²) in [5, 5.41) is 14.6. The summed E-state index contributed by atoms with van der Waals surface area (Å²) in [5.41, 5.74) is 0.465. The van der Waals surface area contributed by atoms with E-state index in [1.165, 1.54) is 17.0 Å². The number of furan rings is 1. The first-order chi connectivity index (χ1) is 12.6. The van der Waals surface area contributed by atoms with Gasteiger partial charge in [-0.25, -0.2) is 4.79 Å². The summed E-state index contributed by atoms with van der Waals surface area (Å²) in [6.45, 7) is 0.390. The molecule has 0 radical (unpaired) electrons. The van der Waals surface area contributed by atoms with E-state index in [-0.39, 0.29) is 5.88 Å². The van der Waals surface area contributed by atoms with Gasteiger partial charge in [-0.2, -0.15) is 9.78 Å². The highest BCUT2D eigenvalue weighted by Gasteiger charge is 2.09. The first kappa shape index (κ1) is 18.4. The van der Waals surface area contributed by atoms with Crippen molar-refractivity contribution in [2.24, 2.45) is 5.10 Å². The van der Waals surface area contributed by atoms with Crippen molar-refractivity contribution in [3.05, 3.63) is 63.9 Å². The van der Waals surface area contributed by atoms with Crippen molar-refractivity contribution in [1.82, 2.24) is 9.24 Å². The number of benzene rings is 1. The third-order valence-corrected chi connectivity index (χ3v) is 4.29. The molecular weight excluding hydrogens is 377 g/mol. The van der Waals surface area contributed by atoms with Crippen LogP contribution in [0.1, 0.15) is 18.6 Å². The lowest BCUT2D eigenvalue weighted by molar-refractivity contribution is 0.409. The monoisotopic (exact) mass is 393 g/mol. The van der Waals surface area contributed by atoms with E-state index in [9.17, 15) is 9.90 Å². The Morgan fingerprint density at radius 1 is 1.15 bits per heavy atom. The Kier molecular flexibility index (Phi) is 5.85. The first-order valence-corrected chi connectivity index (χ1v) is 8.97. The van der Waals surface area contributed by atoms with E-state index in [0.717, 1.165) is 16.7 Å². The highest BCUT2D eigenvalue weighted by Crippen LogP contribution is 2.23. The van der Waals surface area contributed by atoms with Crippen molar-refractivity contribution in [3.63, 3.8) is 0 Å². The molecule has 1 N–H and O–H groups in total. The minimum atomic E-state index is -0.419. The van der Waals surface area contributed by atoms with E-state index in [4.69, 9.17) is 27.6 Å². The molecule has 0 bridgehead atoms. The van der Waals surface area contributed by atoms with Gasteiger partial charge in [-0.1, -0.05) is 11.6 Å². The quantitative estimate of drug-likeness (QED) is 0.371. The number of halogens is 2. The Bertz CT molecular complexity index is 955. The van der Waals surface area contributed by atoms with Crippen molar-refractivity contribution < 1.29 is 9.52 Å². The van der Waals surface area contributed by atoms with Gasteiger partial charge < -0.3 is 9.52 Å². The van der Waals surface area contributed by atoms with Gasteiger partial charge >= 0.3 is 5.69 Å². The molecule has 0 aliphatic rings. The molecule has 0 aliphatic heterocycles. The molecule has 26 heavy (non-hydrogen) atoms. The third kappa shape index (κ3) is 4.20. The summed E-state index contributed by atoms with van der Waals surface area (Å²) in [4.78, 5) is 12.2. The van der Waals surface area contributed by atoms with Crippen LogP contribution >= 0.6 is 23.2 Å². The molecule has 2 heterocycles. The van der Waals surface area contributed by atoms with Gasteiger partial charge in [0, 0.05) is 23.0 Å². The molecule has 3 aromatic rings. The molecule has 3 rings (SSSR count). The lowest BCUT2D eigenvalue weighted by atomic mass is 10.2. The molecule has 0 aliphatic carbocycles. The van der Waals surface area contributed by atoms with Gasteiger partial charge in [-0.15, -0.1) is 11.6 Å². The lowest BCUT2D eigenvalue weighted by Crippen LogP contribution is -2.22. The second-order valence-corrected chi connectivity index (χ2v) is 6.43. The number of aromatic nitrogens is 2. The molecule has 0 fully saturated rings. The Hall–Kier alpha value is -2.44. The molecule has 2 aromatic heterocycles. The standard InChI is InChI=1S/C18H17Cl2N3O3/c19-9-1-2-10-22-17(24)12-23(18(22)25)21-11-15-7-8-16(26-15)13-3-5-14(20)6-4-13/h3-8,11-12,24H,1-2,9-10H2. The van der Waals surface area contributed by atoms with Crippen LogP contribution in [0.4, 0.5) is 0 Å². The largest absolute Gasteiger partial charge is 0.493 e. The van der Waals surface area contributed by atoms with Gasteiger partial charge in [0.25, 0.3) is 0 Å². The Balaban J connectivity index is 1.75. The van der Waals surface area contributed by atoms with Crippen LogP contribution in [-0.2, 0) is 6.54 Å². The lowest BCUT2D eigenvalue weighted by Gasteiger charge is -2.00. The molecule has 0 unspecified atom stereocenters. The molecule has 0 saturated carbocycles. The average Bonchev–Trinajstić information content (AvgIpc) is 3.20. The molecule has 0 saturated heterocycles. The van der Waals surface area contributed by atoms with Gasteiger partial charge in [-0.3, -0.25) is 4.57 Å². The van der Waals surface area contributed by atoms with Crippen LogP contribution in [-0.4, -0.2) is 26.4 Å². The van der Waals surface area contributed by atoms with E-state index in [2.05, 4.69) is 5.10 Å². The van der Waals surface area contributed by atoms with Crippen molar-refractivity contribution in [2.75, 3.05) is 5.88 Å². The average molecular weight is 394 g/mol. The van der Waals surface area contributed by atoms with E-state index < -0.39 is 5.69 Å². The Morgan fingerprint density at radius 3 is 2.65 bits per heavy atom. The van der Waals surface area contributed by atoms with Crippen molar-refractivity contribution >= 4 is 29.4 Å². The second kappa shape index (κ2) is 8.29. The maximum Gasteiger partial charge on any atom is 0.351 e. The number of rotatable bonds is 7. The predicted molar refractivity (Wildman–Crippen MR) is 102 cm³/mol. The summed E-state index contributed by atoms with van der Waals surface area (Å²) in [5.74, 6) is 1.53. The minimum Gasteiger partial charge on any atom is -0.493 e. The normalized spacial score (nSPS) is 11.5. The third-order valence-electron chi connectivity index (χ3n) is 3.77. The minimum absolute atomic E-state index is 0.136. The number of hydrogen-bond acceptors (Lipinski definition) is 4. The van der Waals surface area contributed by atoms with Crippen molar-refractivity contribution in [3.8, 4) is 17.2 Å². The van der Waals surface area contributed by atoms with Crippen molar-refractivity contribution in [1.29, 1.82) is 0 Å². The van der Waals surface area contributed by atoms with Gasteiger partial charge in [0.15, 0.2) is 0 Å². The van der Waals surface area contributed by atoms with Crippen LogP contribution in [0, 0.1) is 0 Å². The SMILES string of the molecule is O=c1n(N=Cc2ccc(-c3ccc(Cl)cc3)o2)cc(O)n1CCCCCl. The first-order valence-electron chi connectivity index (χ1n) is 8.06. The van der Waals surface area contributed by atoms with E-state index in [0.29, 0.717) is 35.4 Å². The van der Waals surface area contributed by atoms with Gasteiger partial charge in [0.1, 0.15) is 11.5 Å². The second-order valence-electron chi connectivity index (χ2n) is 5.62. The van der Waals surface area contributed by atoms with Crippen LogP contribution in [0.25, 0.3) is 11.3 Å². The van der Waals surface area contributed by atoms with Gasteiger partial charge in [0.05, 0.1) is 12.4 Å². The Morgan fingerprint density at radius 2 is 1.92 bits per heavy atom. The zero-order valence-corrected chi connectivity index (χ0v) is 15.3. The fraction of sp³-hybridized carbons (Fsp3) is 0.222. The molecule has 0 amide bonds. The Labute approximate surface area is 159 Å². The number of unbranched alkanes of at least 4 members (excludes halogenated alkanes) is 1. The zero-order valence-electron chi connectivity index (χ0n) is 13.8. The van der Waals surface area contributed by atoms with E-state index in [1.807, 2.05) is 18.2 Å².